The molecule has 1 aliphatic heterocycles. The van der Waals surface area contributed by atoms with Crippen LogP contribution in [0.25, 0.3) is 11.0 Å². The number of benzene rings is 1. The van der Waals surface area contributed by atoms with E-state index in [0.29, 0.717) is 19.0 Å². The molecule has 7 heteroatoms. The molecular weight excluding hydrogens is 352 g/mol. The first-order valence-electron chi connectivity index (χ1n) is 10.1. The summed E-state index contributed by atoms with van der Waals surface area (Å²) in [6.45, 7) is 2.94. The molecule has 144 valence electrons. The van der Waals surface area contributed by atoms with Crippen LogP contribution in [0.5, 0.6) is 0 Å². The van der Waals surface area contributed by atoms with E-state index in [1.54, 1.807) is 6.20 Å². The Kier molecular flexibility index (Phi) is 4.43. The summed E-state index contributed by atoms with van der Waals surface area (Å²) in [5, 5.41) is 8.05. The number of rotatable bonds is 4. The fraction of sp³-hybridized carbons (Fsp3) is 0.429. The van der Waals surface area contributed by atoms with E-state index in [0.717, 1.165) is 60.6 Å². The second-order valence-electron chi connectivity index (χ2n) is 7.69. The number of aromatic nitrogens is 4. The van der Waals surface area contributed by atoms with Crippen LogP contribution in [0.3, 0.4) is 0 Å². The van der Waals surface area contributed by atoms with Gasteiger partial charge in [0.25, 0.3) is 0 Å². The lowest BCUT2D eigenvalue weighted by molar-refractivity contribution is -0.138. The SMILES string of the molecule is O=C(C1CCC1)N1CCCn2nc(CNc3cnc4ccccc4n3)cc2C1. The molecule has 0 atom stereocenters. The normalized spacial score (nSPS) is 17.1. The molecule has 1 aliphatic carbocycles. The van der Waals surface area contributed by atoms with E-state index in [2.05, 4.69) is 26.0 Å². The van der Waals surface area contributed by atoms with Gasteiger partial charge in [0.05, 0.1) is 41.7 Å². The smallest absolute Gasteiger partial charge is 0.226 e. The minimum atomic E-state index is 0.252. The molecule has 1 N–H and O–H groups in total. The van der Waals surface area contributed by atoms with Crippen molar-refractivity contribution in [2.75, 3.05) is 11.9 Å². The monoisotopic (exact) mass is 376 g/mol. The third-order valence-corrected chi connectivity index (χ3v) is 5.73. The van der Waals surface area contributed by atoms with Gasteiger partial charge in [-0.3, -0.25) is 14.5 Å². The van der Waals surface area contributed by atoms with Crippen LogP contribution in [0, 0.1) is 5.92 Å². The van der Waals surface area contributed by atoms with E-state index in [9.17, 15) is 4.79 Å². The summed E-state index contributed by atoms with van der Waals surface area (Å²) < 4.78 is 2.05. The van der Waals surface area contributed by atoms with Crippen molar-refractivity contribution in [3.05, 3.63) is 47.9 Å². The molecule has 0 unspecified atom stereocenters. The molecule has 1 saturated carbocycles. The van der Waals surface area contributed by atoms with Crippen LogP contribution in [0.15, 0.2) is 36.5 Å². The van der Waals surface area contributed by atoms with E-state index >= 15 is 0 Å². The number of nitrogens with one attached hydrogen (secondary N) is 1. The van der Waals surface area contributed by atoms with Crippen LogP contribution < -0.4 is 5.32 Å². The van der Waals surface area contributed by atoms with Crippen LogP contribution >= 0.6 is 0 Å². The Balaban J connectivity index is 1.27. The Morgan fingerprint density at radius 2 is 2.00 bits per heavy atom. The minimum absolute atomic E-state index is 0.252. The number of amides is 1. The number of nitrogens with zero attached hydrogens (tertiary/aromatic N) is 5. The van der Waals surface area contributed by atoms with Gasteiger partial charge in [-0.25, -0.2) is 4.98 Å². The molecule has 2 aliphatic rings. The van der Waals surface area contributed by atoms with Gasteiger partial charge in [-0.15, -0.1) is 0 Å². The van der Waals surface area contributed by atoms with Crippen LogP contribution in [0.1, 0.15) is 37.1 Å². The molecule has 5 rings (SSSR count). The Morgan fingerprint density at radius 3 is 2.82 bits per heavy atom. The van der Waals surface area contributed by atoms with Crippen molar-refractivity contribution >= 4 is 22.8 Å². The molecule has 1 aromatic carbocycles. The van der Waals surface area contributed by atoms with Gasteiger partial charge in [0, 0.05) is 19.0 Å². The maximum atomic E-state index is 12.6. The highest BCUT2D eigenvalue weighted by Crippen LogP contribution is 2.29. The quantitative estimate of drug-likeness (QED) is 0.758. The average Bonchev–Trinajstić information content (AvgIpc) is 2.95. The number of fused-ring (bicyclic) bond motifs is 2. The summed E-state index contributed by atoms with van der Waals surface area (Å²) in [5.74, 6) is 1.32. The lowest BCUT2D eigenvalue weighted by Gasteiger charge is -2.30. The molecule has 0 spiro atoms. The molecule has 1 amide bonds. The summed E-state index contributed by atoms with van der Waals surface area (Å²) in [4.78, 5) is 23.7. The van der Waals surface area contributed by atoms with Crippen molar-refractivity contribution in [2.24, 2.45) is 5.92 Å². The molecular formula is C21H24N6O. The van der Waals surface area contributed by atoms with Gasteiger partial charge in [-0.2, -0.15) is 5.10 Å². The average molecular weight is 376 g/mol. The van der Waals surface area contributed by atoms with Gasteiger partial charge in [-0.1, -0.05) is 18.6 Å². The Morgan fingerprint density at radius 1 is 1.14 bits per heavy atom. The lowest BCUT2D eigenvalue weighted by Crippen LogP contribution is -2.38. The van der Waals surface area contributed by atoms with Gasteiger partial charge < -0.3 is 10.2 Å². The Labute approximate surface area is 163 Å². The largest absolute Gasteiger partial charge is 0.363 e. The van der Waals surface area contributed by atoms with Gasteiger partial charge in [-0.05, 0) is 37.5 Å². The van der Waals surface area contributed by atoms with Crippen molar-refractivity contribution < 1.29 is 4.79 Å². The minimum Gasteiger partial charge on any atom is -0.363 e. The molecule has 28 heavy (non-hydrogen) atoms. The number of carbonyl (C=O) groups is 1. The highest BCUT2D eigenvalue weighted by molar-refractivity contribution is 5.79. The number of aryl methyl sites for hydroxylation is 1. The number of hydrogen-bond donors (Lipinski definition) is 1. The van der Waals surface area contributed by atoms with Gasteiger partial charge in [0.15, 0.2) is 0 Å². The Hall–Kier alpha value is -2.96. The van der Waals surface area contributed by atoms with Crippen molar-refractivity contribution in [2.45, 2.75) is 45.3 Å². The van der Waals surface area contributed by atoms with Gasteiger partial charge in [0.2, 0.25) is 5.91 Å². The molecule has 3 heterocycles. The van der Waals surface area contributed by atoms with Crippen molar-refractivity contribution in [3.63, 3.8) is 0 Å². The first kappa shape index (κ1) is 17.2. The summed E-state index contributed by atoms with van der Waals surface area (Å²) in [7, 11) is 0. The van der Waals surface area contributed by atoms with Crippen LogP contribution in [-0.4, -0.2) is 37.1 Å². The molecule has 1 fully saturated rings. The molecule has 7 nitrogen and oxygen atoms in total. The zero-order chi connectivity index (χ0) is 18.9. The predicted molar refractivity (Wildman–Crippen MR) is 106 cm³/mol. The highest BCUT2D eigenvalue weighted by Gasteiger charge is 2.30. The van der Waals surface area contributed by atoms with E-state index < -0.39 is 0 Å². The van der Waals surface area contributed by atoms with Crippen molar-refractivity contribution in [1.29, 1.82) is 0 Å². The highest BCUT2D eigenvalue weighted by atomic mass is 16.2. The Bertz CT molecular complexity index is 1010. The van der Waals surface area contributed by atoms with E-state index in [1.807, 2.05) is 29.2 Å². The number of para-hydroxylation sites is 2. The summed E-state index contributed by atoms with van der Waals surface area (Å²) in [6, 6.07) is 9.94. The van der Waals surface area contributed by atoms with E-state index in [1.165, 1.54) is 6.42 Å². The van der Waals surface area contributed by atoms with Crippen LogP contribution in [0.2, 0.25) is 0 Å². The second-order valence-corrected chi connectivity index (χ2v) is 7.69. The summed E-state index contributed by atoms with van der Waals surface area (Å²) in [6.07, 6.45) is 6.00. The summed E-state index contributed by atoms with van der Waals surface area (Å²) >= 11 is 0. The molecule has 3 aromatic rings. The van der Waals surface area contributed by atoms with Gasteiger partial charge in [0.1, 0.15) is 5.82 Å². The standard InChI is InChI=1S/C21H24N6O/c28-21(15-5-3-6-15)26-9-4-10-27-17(14-26)11-16(25-27)12-23-20-13-22-18-7-1-2-8-19(18)24-20/h1-2,7-8,11,13,15H,3-6,9-10,12,14H2,(H,23,24). The predicted octanol–water partition coefficient (Wildman–Crippen LogP) is 2.97. The van der Waals surface area contributed by atoms with Crippen LogP contribution in [0.4, 0.5) is 5.82 Å². The molecule has 0 radical (unpaired) electrons. The first-order valence-corrected chi connectivity index (χ1v) is 10.1. The van der Waals surface area contributed by atoms with E-state index in [4.69, 9.17) is 5.10 Å². The van der Waals surface area contributed by atoms with E-state index in [-0.39, 0.29) is 5.92 Å². The lowest BCUT2D eigenvalue weighted by atomic mass is 9.84. The van der Waals surface area contributed by atoms with Gasteiger partial charge >= 0.3 is 0 Å². The summed E-state index contributed by atoms with van der Waals surface area (Å²) in [5.41, 5.74) is 3.84. The maximum absolute atomic E-state index is 12.6. The molecule has 0 bridgehead atoms. The zero-order valence-electron chi connectivity index (χ0n) is 15.8. The van der Waals surface area contributed by atoms with Crippen LogP contribution in [-0.2, 0) is 24.4 Å². The zero-order valence-corrected chi connectivity index (χ0v) is 15.8. The topological polar surface area (TPSA) is 75.9 Å². The number of anilines is 1. The second kappa shape index (κ2) is 7.22. The molecule has 2 aromatic heterocycles. The fourth-order valence-electron chi connectivity index (χ4n) is 3.93. The first-order chi connectivity index (χ1) is 13.8. The third kappa shape index (κ3) is 3.32. The van der Waals surface area contributed by atoms with Crippen molar-refractivity contribution in [3.8, 4) is 0 Å². The number of carbonyl (C=O) groups excluding carboxylic acids is 1. The fourth-order valence-corrected chi connectivity index (χ4v) is 3.93. The number of hydrogen-bond acceptors (Lipinski definition) is 5. The van der Waals surface area contributed by atoms with Crippen molar-refractivity contribution in [1.82, 2.24) is 24.6 Å². The third-order valence-electron chi connectivity index (χ3n) is 5.73. The maximum Gasteiger partial charge on any atom is 0.226 e. The molecule has 0 saturated heterocycles.